The van der Waals surface area contributed by atoms with E-state index in [4.69, 9.17) is 30.8 Å². The van der Waals surface area contributed by atoms with E-state index in [0.717, 1.165) is 103 Å². The first-order valence-corrected chi connectivity index (χ1v) is 38.3. The Kier molecular flexibility index (Phi) is 32.6. The van der Waals surface area contributed by atoms with Gasteiger partial charge in [0.2, 0.25) is 0 Å². The molecule has 8 N–H and O–H groups in total. The van der Waals surface area contributed by atoms with Gasteiger partial charge in [-0.15, -0.1) is 0 Å². The average molecular weight is 1600 g/mol. The molecule has 3 amide bonds. The van der Waals surface area contributed by atoms with Crippen LogP contribution in [0.5, 0.6) is 0 Å². The van der Waals surface area contributed by atoms with Crippen LogP contribution in [0.1, 0.15) is 140 Å². The van der Waals surface area contributed by atoms with Crippen molar-refractivity contribution in [1.29, 1.82) is 0 Å². The Labute approximate surface area is 657 Å². The van der Waals surface area contributed by atoms with E-state index in [2.05, 4.69) is 76.2 Å². The largest absolute Gasteiger partial charge is 0.478 e. The Morgan fingerprint density at radius 2 is 0.872 bits per heavy atom. The number of ether oxygens (including phenoxy) is 4. The van der Waals surface area contributed by atoms with Crippen LogP contribution in [0.4, 0.5) is 37.1 Å². The van der Waals surface area contributed by atoms with Crippen molar-refractivity contribution in [3.8, 4) is 33.4 Å². The van der Waals surface area contributed by atoms with E-state index in [9.17, 15) is 28.8 Å². The first-order chi connectivity index (χ1) is 52.0. The molecule has 0 unspecified atom stereocenters. The molecule has 0 saturated heterocycles. The molecule has 19 heteroatoms. The number of carboxylic acids is 1. The van der Waals surface area contributed by atoms with Crippen molar-refractivity contribution >= 4 is 113 Å². The van der Waals surface area contributed by atoms with Crippen LogP contribution >= 0.6 is 31.9 Å². The highest BCUT2D eigenvalue weighted by molar-refractivity contribution is 9.09. The van der Waals surface area contributed by atoms with Gasteiger partial charge in [-0.1, -0.05) is 190 Å². The van der Waals surface area contributed by atoms with E-state index in [0.29, 0.717) is 46.0 Å². The molecule has 1 aromatic heterocycles. The molecule has 12 rings (SSSR count). The van der Waals surface area contributed by atoms with Crippen molar-refractivity contribution in [3.05, 3.63) is 275 Å². The zero-order valence-corrected chi connectivity index (χ0v) is 67.1. The lowest BCUT2D eigenvalue weighted by molar-refractivity contribution is 0.0624. The number of Topliss-reactive ketones (excluding diaryl/α,β-unsaturated/α-hetero) is 2. The van der Waals surface area contributed by atoms with Crippen molar-refractivity contribution < 1.29 is 52.8 Å². The smallest absolute Gasteiger partial charge is 0.412 e. The summed E-state index contributed by atoms with van der Waals surface area (Å²) in [5.74, 6) is -0.889. The Morgan fingerprint density at radius 3 is 1.26 bits per heavy atom. The van der Waals surface area contributed by atoms with Crippen LogP contribution < -0.4 is 27.4 Å². The van der Waals surface area contributed by atoms with Gasteiger partial charge in [0.1, 0.15) is 16.8 Å². The molecule has 17 nitrogen and oxygen atoms in total. The number of ketones is 2. The summed E-state index contributed by atoms with van der Waals surface area (Å²) in [6.45, 7) is 20.5. The summed E-state index contributed by atoms with van der Waals surface area (Å²) in [6, 6.07) is 65.6. The number of alkyl halides is 2. The van der Waals surface area contributed by atoms with Crippen molar-refractivity contribution in [2.24, 2.45) is 5.73 Å². The lowest BCUT2D eigenvalue weighted by Gasteiger charge is -2.21. The molecule has 10 aromatic rings. The zero-order chi connectivity index (χ0) is 79.3. The molecule has 0 atom stereocenters. The molecule has 0 saturated carbocycles. The number of carbonyl (C=O) groups excluding carboxylic acids is 5. The van der Waals surface area contributed by atoms with Crippen molar-refractivity contribution in [2.45, 2.75) is 125 Å². The van der Waals surface area contributed by atoms with E-state index in [1.807, 2.05) is 269 Å². The number of benzene rings is 9. The lowest BCUT2D eigenvalue weighted by atomic mass is 9.95. The second kappa shape index (κ2) is 41.6. The molecule has 2 aliphatic rings. The van der Waals surface area contributed by atoms with E-state index in [-0.39, 0.29) is 24.4 Å². The number of rotatable bonds is 18. The first kappa shape index (κ1) is 85.5. The number of allylic oxidation sites excluding steroid dienone is 2. The molecule has 0 fully saturated rings. The second-order valence-electron chi connectivity index (χ2n) is 28.5. The van der Waals surface area contributed by atoms with Crippen LogP contribution in [0.2, 0.25) is 0 Å². The lowest BCUT2D eigenvalue weighted by Crippen LogP contribution is -2.27. The third-order valence-corrected chi connectivity index (χ3v) is 17.4. The van der Waals surface area contributed by atoms with Gasteiger partial charge in [-0.3, -0.25) is 25.5 Å². The minimum atomic E-state index is -0.863. The summed E-state index contributed by atoms with van der Waals surface area (Å²) in [5.41, 5.74) is 27.0. The number of carbonyl (C=O) groups is 6. The number of amides is 3. The molecule has 0 bridgehead atoms. The van der Waals surface area contributed by atoms with Crippen molar-refractivity contribution in [3.63, 3.8) is 0 Å². The molecule has 2 aliphatic carbocycles. The quantitative estimate of drug-likeness (QED) is 0.0203. The SMILES string of the molecule is CC(C)(C)OC(=O)Nc1ccc(-c2ccccc2)cc1CC(=O)c1ccc2c(c1)C=CC2.CC(C)(C)OC(=O)Nc1ccc(-c2ccccc2)cc1CC(=O)c1ccc2c(ccn2CCN)c1.CC(C)(C)OC(=O)Nc1ccc(-c2ccccc2)cc1N.CCCBr.COCCBr.O=C(O)c1ccc2c(c1)C=CC2. The number of carboxylic acid groups (broad SMARTS) is 1. The third kappa shape index (κ3) is 28.1. The number of nitrogens with one attached hydrogen (secondary N) is 3. The summed E-state index contributed by atoms with van der Waals surface area (Å²) >= 11 is 6.43. The number of nitrogen functional groups attached to an aromatic ring is 1. The standard InChI is InChI=1S/C29H31N3O3.C28H27NO3.C17H20N2O2.C10H8O2.C3H7BrO.C3H7Br/c1-29(2,3)35-28(34)31-25-11-9-21(20-7-5-4-6-8-20)17-24(25)19-27(33)23-10-12-26-22(18-23)13-15-32(26)16-14-30;1-28(2,3)32-27(31)29-25-15-14-22(19-8-5-4-6-9-19)17-24(25)18-26(30)23-13-12-20-10-7-11-21(20)16-23;1-17(2,3)21-16(20)19-15-10-9-13(11-14(15)18)12-7-5-4-6-8-12;11-10(12)9-5-4-7-2-1-3-8(7)6-9;1-5-3-2-4;1-2-3-4/h4-13,15,17-18H,14,16,19,30H2,1-3H3,(H,31,34);4-9,11-17H,10,18H2,1-3H3,(H,29,31);4-11H,18H2,1-3H3,(H,19,20);1,3-6H,2H2,(H,11,12);2-3H2,1H3;2-3H2,1H3. The molecule has 9 aromatic carbocycles. The Balaban J connectivity index is 0.000000204. The number of nitrogens with two attached hydrogens (primary N) is 2. The average Bonchev–Trinajstić information content (AvgIpc) is 1.78. The summed E-state index contributed by atoms with van der Waals surface area (Å²) in [7, 11) is 1.68. The summed E-state index contributed by atoms with van der Waals surface area (Å²) < 4.78 is 22.8. The van der Waals surface area contributed by atoms with Crippen molar-refractivity contribution in [1.82, 2.24) is 4.57 Å². The van der Waals surface area contributed by atoms with Crippen LogP contribution in [0.15, 0.2) is 225 Å². The molecule has 570 valence electrons. The van der Waals surface area contributed by atoms with Crippen LogP contribution in [0.3, 0.4) is 0 Å². The number of nitrogens with zero attached hydrogens (tertiary/aromatic N) is 1. The number of anilines is 4. The third-order valence-electron chi connectivity index (χ3n) is 16.3. The van der Waals surface area contributed by atoms with Gasteiger partial charge in [-0.05, 0) is 227 Å². The van der Waals surface area contributed by atoms with Gasteiger partial charge < -0.3 is 40.1 Å². The molecular formula is C90H100Br2N6O11. The molecule has 1 heterocycles. The van der Waals surface area contributed by atoms with Gasteiger partial charge in [0.15, 0.2) is 11.6 Å². The fourth-order valence-electron chi connectivity index (χ4n) is 11.2. The van der Waals surface area contributed by atoms with E-state index < -0.39 is 41.1 Å². The molecule has 0 radical (unpaired) electrons. The number of halogens is 2. The highest BCUT2D eigenvalue weighted by Gasteiger charge is 2.23. The van der Waals surface area contributed by atoms with E-state index in [1.165, 1.54) is 17.5 Å². The second-order valence-corrected chi connectivity index (χ2v) is 30.1. The molecule has 109 heavy (non-hydrogen) atoms. The zero-order valence-electron chi connectivity index (χ0n) is 64.0. The number of aromatic carboxylic acids is 1. The van der Waals surface area contributed by atoms with Crippen LogP contribution in [-0.2, 0) is 51.2 Å². The fourth-order valence-corrected chi connectivity index (χ4v) is 11.5. The van der Waals surface area contributed by atoms with Crippen LogP contribution in [-0.4, -0.2) is 93.2 Å². The summed E-state index contributed by atoms with van der Waals surface area (Å²) in [5, 5.41) is 20.1. The van der Waals surface area contributed by atoms with Gasteiger partial charge in [0, 0.05) is 83.3 Å². The highest BCUT2D eigenvalue weighted by atomic mass is 79.9. The van der Waals surface area contributed by atoms with Gasteiger partial charge in [0.05, 0.1) is 23.5 Å². The maximum atomic E-state index is 13.3. The summed E-state index contributed by atoms with van der Waals surface area (Å²) in [4.78, 5) is 73.7. The van der Waals surface area contributed by atoms with E-state index in [1.54, 1.807) is 25.3 Å². The van der Waals surface area contributed by atoms with Crippen LogP contribution in [0, 0.1) is 0 Å². The van der Waals surface area contributed by atoms with Gasteiger partial charge in [-0.2, -0.15) is 0 Å². The van der Waals surface area contributed by atoms with Gasteiger partial charge in [0.25, 0.3) is 0 Å². The van der Waals surface area contributed by atoms with E-state index >= 15 is 0 Å². The highest BCUT2D eigenvalue weighted by Crippen LogP contribution is 2.32. The number of aromatic nitrogens is 1. The van der Waals surface area contributed by atoms with Gasteiger partial charge in [-0.25, -0.2) is 19.2 Å². The monoisotopic (exact) mass is 1600 g/mol. The Hall–Kier alpha value is -10.7. The Morgan fingerprint density at radius 1 is 0.477 bits per heavy atom. The minimum Gasteiger partial charge on any atom is -0.478 e. The fraction of sp³-hybridized carbons (Fsp3) is 0.267. The number of hydrogen-bond donors (Lipinski definition) is 6. The van der Waals surface area contributed by atoms with Gasteiger partial charge >= 0.3 is 24.2 Å². The normalized spacial score (nSPS) is 11.5. The molecule has 0 aliphatic heterocycles. The predicted molar refractivity (Wildman–Crippen MR) is 452 cm³/mol. The first-order valence-electron chi connectivity index (χ1n) is 36.1. The molecular weight excluding hydrogens is 1500 g/mol. The number of hydrogen-bond acceptors (Lipinski definition) is 12. The maximum absolute atomic E-state index is 13.3. The minimum absolute atomic E-state index is 0.00514. The number of methoxy groups -OCH3 is 1. The Bertz CT molecular complexity index is 4760. The van der Waals surface area contributed by atoms with Crippen LogP contribution in [0.25, 0.3) is 56.4 Å². The molecule has 0 spiro atoms. The number of fused-ring (bicyclic) bond motifs is 3. The predicted octanol–water partition coefficient (Wildman–Crippen LogP) is 21.8. The topological polar surface area (TPSA) is 253 Å². The summed E-state index contributed by atoms with van der Waals surface area (Å²) in [6.07, 6.45) is 11.9. The van der Waals surface area contributed by atoms with Crippen molar-refractivity contribution in [2.75, 3.05) is 52.6 Å². The maximum Gasteiger partial charge on any atom is 0.412 e.